The Bertz CT molecular complexity index is 551. The van der Waals surface area contributed by atoms with Crippen LogP contribution in [-0.4, -0.2) is 12.8 Å². The zero-order valence-electron chi connectivity index (χ0n) is 10.5. The molecule has 2 heterocycles. The molecule has 1 aliphatic heterocycles. The summed E-state index contributed by atoms with van der Waals surface area (Å²) >= 11 is 0. The van der Waals surface area contributed by atoms with Crippen LogP contribution in [0.3, 0.4) is 0 Å². The van der Waals surface area contributed by atoms with Gasteiger partial charge in [-0.25, -0.2) is 0 Å². The molecule has 5 heteroatoms. The van der Waals surface area contributed by atoms with Gasteiger partial charge in [-0.15, -0.1) is 0 Å². The van der Waals surface area contributed by atoms with Gasteiger partial charge in [-0.2, -0.15) is 0 Å². The van der Waals surface area contributed by atoms with Gasteiger partial charge < -0.3 is 24.4 Å². The Morgan fingerprint density at radius 2 is 2.05 bits per heavy atom. The van der Waals surface area contributed by atoms with Gasteiger partial charge in [-0.1, -0.05) is 0 Å². The van der Waals surface area contributed by atoms with Gasteiger partial charge in [-0.05, 0) is 31.2 Å². The topological polar surface area (TPSA) is 66.9 Å². The Morgan fingerprint density at radius 3 is 2.79 bits per heavy atom. The minimum absolute atomic E-state index is 0.198. The lowest BCUT2D eigenvalue weighted by molar-refractivity contribution is 0.152. The van der Waals surface area contributed by atoms with Crippen LogP contribution in [-0.2, 0) is 0 Å². The lowest BCUT2D eigenvalue weighted by atomic mass is 10.1. The van der Waals surface area contributed by atoms with E-state index in [0.717, 1.165) is 5.75 Å². The number of furan rings is 1. The van der Waals surface area contributed by atoms with E-state index in [2.05, 4.69) is 0 Å². The molecule has 2 atom stereocenters. The predicted molar refractivity (Wildman–Crippen MR) is 68.3 cm³/mol. The molecule has 5 nitrogen and oxygen atoms in total. The van der Waals surface area contributed by atoms with Crippen LogP contribution in [0.2, 0.25) is 0 Å². The summed E-state index contributed by atoms with van der Waals surface area (Å²) < 4.78 is 21.8. The maximum Gasteiger partial charge on any atom is 0.231 e. The smallest absolute Gasteiger partial charge is 0.231 e. The second-order valence-electron chi connectivity index (χ2n) is 4.43. The van der Waals surface area contributed by atoms with E-state index in [-0.39, 0.29) is 18.9 Å². The van der Waals surface area contributed by atoms with Crippen LogP contribution in [0.15, 0.2) is 41.0 Å². The normalized spacial score (nSPS) is 16.1. The molecule has 0 aliphatic carbocycles. The highest BCUT2D eigenvalue weighted by Gasteiger charge is 2.22. The monoisotopic (exact) mass is 261 g/mol. The average Bonchev–Trinajstić information content (AvgIpc) is 3.06. The molecule has 1 aromatic carbocycles. The molecule has 2 aromatic rings. The van der Waals surface area contributed by atoms with Crippen molar-refractivity contribution in [2.75, 3.05) is 6.79 Å². The van der Waals surface area contributed by atoms with Crippen molar-refractivity contribution in [2.45, 2.75) is 19.1 Å². The molecule has 0 amide bonds. The third kappa shape index (κ3) is 2.37. The van der Waals surface area contributed by atoms with E-state index in [1.807, 2.05) is 31.2 Å². The van der Waals surface area contributed by atoms with Crippen molar-refractivity contribution in [2.24, 2.45) is 5.73 Å². The number of nitrogens with two attached hydrogens (primary N) is 1. The molecule has 3 rings (SSSR count). The van der Waals surface area contributed by atoms with Gasteiger partial charge >= 0.3 is 0 Å². The average molecular weight is 261 g/mol. The largest absolute Gasteiger partial charge is 0.481 e. The maximum atomic E-state index is 5.95. The number of hydrogen-bond donors (Lipinski definition) is 1. The predicted octanol–water partition coefficient (Wildman–Crippen LogP) is 2.48. The summed E-state index contributed by atoms with van der Waals surface area (Å²) in [5.41, 5.74) is 5.95. The van der Waals surface area contributed by atoms with E-state index in [4.69, 9.17) is 24.4 Å². The van der Waals surface area contributed by atoms with E-state index in [1.54, 1.807) is 12.3 Å². The van der Waals surface area contributed by atoms with Crippen LogP contribution >= 0.6 is 0 Å². The minimum Gasteiger partial charge on any atom is -0.481 e. The summed E-state index contributed by atoms with van der Waals surface area (Å²) in [5.74, 6) is 2.78. The summed E-state index contributed by atoms with van der Waals surface area (Å²) in [6, 6.07) is 8.90. The Morgan fingerprint density at radius 1 is 1.21 bits per heavy atom. The van der Waals surface area contributed by atoms with Gasteiger partial charge in [-0.3, -0.25) is 0 Å². The number of hydrogen-bond acceptors (Lipinski definition) is 5. The first-order valence-corrected chi connectivity index (χ1v) is 6.09. The molecule has 2 N–H and O–H groups in total. The van der Waals surface area contributed by atoms with Crippen LogP contribution in [0.5, 0.6) is 17.2 Å². The van der Waals surface area contributed by atoms with Crippen LogP contribution in [0, 0.1) is 0 Å². The fourth-order valence-corrected chi connectivity index (χ4v) is 1.97. The highest BCUT2D eigenvalue weighted by atomic mass is 16.7. The first kappa shape index (κ1) is 11.9. The molecule has 0 saturated heterocycles. The van der Waals surface area contributed by atoms with Gasteiger partial charge in [0.15, 0.2) is 17.6 Å². The third-order valence-electron chi connectivity index (χ3n) is 2.91. The molecule has 0 radical (unpaired) electrons. The SMILES string of the molecule is CC(N)C(Oc1ccc2c(c1)OCO2)c1ccco1. The number of fused-ring (bicyclic) bond motifs is 1. The van der Waals surface area contributed by atoms with Crippen LogP contribution < -0.4 is 19.9 Å². The van der Waals surface area contributed by atoms with Crippen molar-refractivity contribution in [1.82, 2.24) is 0 Å². The molecule has 19 heavy (non-hydrogen) atoms. The fourth-order valence-electron chi connectivity index (χ4n) is 1.97. The van der Waals surface area contributed by atoms with E-state index in [1.165, 1.54) is 0 Å². The first-order valence-electron chi connectivity index (χ1n) is 6.09. The molecule has 0 saturated carbocycles. The van der Waals surface area contributed by atoms with Gasteiger partial charge in [0.2, 0.25) is 6.79 Å². The molecule has 1 aromatic heterocycles. The summed E-state index contributed by atoms with van der Waals surface area (Å²) in [5, 5.41) is 0. The molecular formula is C14H15NO4. The second-order valence-corrected chi connectivity index (χ2v) is 4.43. The third-order valence-corrected chi connectivity index (χ3v) is 2.91. The lowest BCUT2D eigenvalue weighted by Crippen LogP contribution is -2.28. The molecule has 0 spiro atoms. The van der Waals surface area contributed by atoms with E-state index < -0.39 is 0 Å². The Hall–Kier alpha value is -2.14. The van der Waals surface area contributed by atoms with Crippen LogP contribution in [0.4, 0.5) is 0 Å². The Balaban J connectivity index is 1.82. The Labute approximate surface area is 110 Å². The lowest BCUT2D eigenvalue weighted by Gasteiger charge is -2.20. The summed E-state index contributed by atoms with van der Waals surface area (Å²) in [4.78, 5) is 0. The van der Waals surface area contributed by atoms with Crippen molar-refractivity contribution in [3.05, 3.63) is 42.4 Å². The first-order chi connectivity index (χ1) is 9.24. The van der Waals surface area contributed by atoms with E-state index >= 15 is 0 Å². The summed E-state index contributed by atoms with van der Waals surface area (Å²) in [6.07, 6.45) is 1.27. The van der Waals surface area contributed by atoms with Gasteiger partial charge in [0, 0.05) is 12.1 Å². The molecule has 0 bridgehead atoms. The highest BCUT2D eigenvalue weighted by Crippen LogP contribution is 2.36. The molecule has 0 fully saturated rings. The van der Waals surface area contributed by atoms with E-state index in [9.17, 15) is 0 Å². The molecule has 1 aliphatic rings. The minimum atomic E-state index is -0.338. The van der Waals surface area contributed by atoms with Gasteiger partial charge in [0.1, 0.15) is 11.5 Å². The van der Waals surface area contributed by atoms with Crippen molar-refractivity contribution in [1.29, 1.82) is 0 Å². The van der Waals surface area contributed by atoms with Gasteiger partial charge in [0.05, 0.1) is 6.26 Å². The van der Waals surface area contributed by atoms with Gasteiger partial charge in [0.25, 0.3) is 0 Å². The maximum absolute atomic E-state index is 5.95. The molecule has 100 valence electrons. The van der Waals surface area contributed by atoms with Crippen LogP contribution in [0.25, 0.3) is 0 Å². The quantitative estimate of drug-likeness (QED) is 0.915. The standard InChI is InChI=1S/C14H15NO4/c1-9(15)14(12-3-2-6-16-12)19-10-4-5-11-13(7-10)18-8-17-11/h2-7,9,14H,8,15H2,1H3. The highest BCUT2D eigenvalue weighted by molar-refractivity contribution is 5.47. The van der Waals surface area contributed by atoms with Crippen molar-refractivity contribution in [3.63, 3.8) is 0 Å². The van der Waals surface area contributed by atoms with Crippen molar-refractivity contribution >= 4 is 0 Å². The van der Waals surface area contributed by atoms with Crippen molar-refractivity contribution in [3.8, 4) is 17.2 Å². The fraction of sp³-hybridized carbons (Fsp3) is 0.286. The number of rotatable bonds is 4. The second kappa shape index (κ2) is 4.85. The zero-order chi connectivity index (χ0) is 13.2. The number of ether oxygens (including phenoxy) is 3. The number of benzene rings is 1. The molecular weight excluding hydrogens is 246 g/mol. The molecule has 2 unspecified atom stereocenters. The summed E-state index contributed by atoms with van der Waals surface area (Å²) in [7, 11) is 0. The van der Waals surface area contributed by atoms with E-state index in [0.29, 0.717) is 17.3 Å². The Kier molecular flexibility index (Phi) is 3.05. The summed E-state index contributed by atoms with van der Waals surface area (Å²) in [6.45, 7) is 2.12. The van der Waals surface area contributed by atoms with Crippen LogP contribution in [0.1, 0.15) is 18.8 Å². The zero-order valence-corrected chi connectivity index (χ0v) is 10.5. The van der Waals surface area contributed by atoms with Crippen molar-refractivity contribution < 1.29 is 18.6 Å².